The molecule has 0 bridgehead atoms. The van der Waals surface area contributed by atoms with Crippen LogP contribution in [-0.4, -0.2) is 35.5 Å². The van der Waals surface area contributed by atoms with Crippen LogP contribution in [0.5, 0.6) is 5.75 Å². The van der Waals surface area contributed by atoms with Gasteiger partial charge in [0.1, 0.15) is 10.7 Å². The molecule has 3 aromatic rings. The van der Waals surface area contributed by atoms with Crippen LogP contribution in [0.3, 0.4) is 0 Å². The summed E-state index contributed by atoms with van der Waals surface area (Å²) in [5.41, 5.74) is 3.05. The van der Waals surface area contributed by atoms with E-state index in [1.807, 2.05) is 99.6 Å². The fourth-order valence-corrected chi connectivity index (χ4v) is 7.91. The molecule has 1 amide bonds. The van der Waals surface area contributed by atoms with Crippen LogP contribution in [0.25, 0.3) is 10.5 Å². The molecule has 5 nitrogen and oxygen atoms in total. The predicted molar refractivity (Wildman–Crippen MR) is 170 cm³/mol. The van der Waals surface area contributed by atoms with Crippen molar-refractivity contribution in [2.45, 2.75) is 33.2 Å². The number of hydrogen-bond acceptors (Lipinski definition) is 7. The Bertz CT molecular complexity index is 1540. The van der Waals surface area contributed by atoms with Crippen molar-refractivity contribution in [3.05, 3.63) is 105 Å². The van der Waals surface area contributed by atoms with Gasteiger partial charge in [0.05, 0.1) is 33.5 Å². The molecule has 2 heterocycles. The largest absolute Gasteiger partial charge is 0.494 e. The second kappa shape index (κ2) is 11.6. The number of nitrogens with zero attached hydrogens (tertiary/aromatic N) is 1. The Hall–Kier alpha value is -3.33. The number of thioether (sulfide) groups is 2. The third-order valence-corrected chi connectivity index (χ3v) is 9.98. The Morgan fingerprint density at radius 3 is 2.23 bits per heavy atom. The number of amides is 1. The molecule has 40 heavy (non-hydrogen) atoms. The number of carbonyl (C=O) groups is 2. The van der Waals surface area contributed by atoms with E-state index in [9.17, 15) is 9.59 Å². The van der Waals surface area contributed by atoms with Crippen LogP contribution in [0.1, 0.15) is 49.2 Å². The molecule has 0 saturated heterocycles. The van der Waals surface area contributed by atoms with E-state index in [1.54, 1.807) is 11.8 Å². The van der Waals surface area contributed by atoms with Gasteiger partial charge in [-0.2, -0.15) is 0 Å². The lowest BCUT2D eigenvalue weighted by atomic mass is 9.82. The number of hydrogen-bond donors (Lipinski definition) is 0. The molecule has 2 aliphatic rings. The molecule has 0 radical (unpaired) electrons. The van der Waals surface area contributed by atoms with Crippen molar-refractivity contribution in [1.29, 1.82) is 0 Å². The normalized spacial score (nSPS) is 18.0. The molecule has 0 saturated carbocycles. The third-order valence-electron chi connectivity index (χ3n) is 6.65. The van der Waals surface area contributed by atoms with Gasteiger partial charge in [-0.25, -0.2) is 4.79 Å². The van der Waals surface area contributed by atoms with E-state index in [-0.39, 0.29) is 18.5 Å². The quantitative estimate of drug-likeness (QED) is 0.165. The lowest BCUT2D eigenvalue weighted by molar-refractivity contribution is -0.137. The smallest absolute Gasteiger partial charge is 0.346 e. The van der Waals surface area contributed by atoms with Crippen LogP contribution in [-0.2, 0) is 9.53 Å². The molecule has 3 aromatic carbocycles. The van der Waals surface area contributed by atoms with Gasteiger partial charge in [-0.1, -0.05) is 84.3 Å². The van der Waals surface area contributed by atoms with Crippen molar-refractivity contribution < 1.29 is 19.1 Å². The molecule has 0 spiro atoms. The molecule has 5 rings (SSSR count). The SMILES string of the molecule is CCOC(=O)C1=C(c2ccccc2)S/C(=C2\C(=S)C(C)(C)N(C(=O)c3ccccc3)c3cc(OCC)ccc32)S1. The third kappa shape index (κ3) is 5.11. The number of ether oxygens (including phenoxy) is 2. The maximum Gasteiger partial charge on any atom is 0.346 e. The average Bonchev–Trinajstić information content (AvgIpc) is 3.40. The minimum Gasteiger partial charge on any atom is -0.494 e. The number of anilines is 1. The molecule has 0 N–H and O–H groups in total. The Morgan fingerprint density at radius 2 is 1.57 bits per heavy atom. The molecule has 0 aromatic heterocycles. The van der Waals surface area contributed by atoms with Crippen LogP contribution in [0.4, 0.5) is 5.69 Å². The van der Waals surface area contributed by atoms with Crippen LogP contribution < -0.4 is 9.64 Å². The van der Waals surface area contributed by atoms with Crippen molar-refractivity contribution in [2.24, 2.45) is 0 Å². The van der Waals surface area contributed by atoms with E-state index in [4.69, 9.17) is 21.7 Å². The summed E-state index contributed by atoms with van der Waals surface area (Å²) in [6, 6.07) is 24.8. The summed E-state index contributed by atoms with van der Waals surface area (Å²) in [6.07, 6.45) is 0. The zero-order valence-corrected chi connectivity index (χ0v) is 25.2. The number of esters is 1. The van der Waals surface area contributed by atoms with E-state index >= 15 is 0 Å². The lowest BCUT2D eigenvalue weighted by Gasteiger charge is -2.45. The average molecular weight is 588 g/mol. The van der Waals surface area contributed by atoms with E-state index in [1.165, 1.54) is 23.5 Å². The maximum absolute atomic E-state index is 14.0. The Morgan fingerprint density at radius 1 is 0.900 bits per heavy atom. The van der Waals surface area contributed by atoms with E-state index in [2.05, 4.69) is 0 Å². The molecule has 0 aliphatic carbocycles. The van der Waals surface area contributed by atoms with Crippen molar-refractivity contribution in [3.63, 3.8) is 0 Å². The first kappa shape index (κ1) is 28.2. The zero-order chi connectivity index (χ0) is 28.4. The summed E-state index contributed by atoms with van der Waals surface area (Å²) < 4.78 is 12.2. The summed E-state index contributed by atoms with van der Waals surface area (Å²) in [7, 11) is 0. The molecule has 2 aliphatic heterocycles. The molecule has 8 heteroatoms. The fraction of sp³-hybridized carbons (Fsp3) is 0.219. The highest BCUT2D eigenvalue weighted by atomic mass is 32.2. The second-order valence-electron chi connectivity index (χ2n) is 9.62. The Labute approximate surface area is 248 Å². The standard InChI is InChI=1S/C32H29NO4S3/c1-5-36-22-17-18-23-24(19-22)33(29(34)21-15-11-8-12-16-21)32(3,4)28(38)25(23)31-39-26(20-13-9-7-10-14-20)27(40-31)30(35)37-6-2/h7-19H,5-6H2,1-4H3/b31-25+. The number of benzene rings is 3. The van der Waals surface area contributed by atoms with Crippen molar-refractivity contribution >= 4 is 68.6 Å². The molecular formula is C32H29NO4S3. The van der Waals surface area contributed by atoms with E-state index in [0.717, 1.165) is 25.8 Å². The summed E-state index contributed by atoms with van der Waals surface area (Å²) >= 11 is 9.08. The van der Waals surface area contributed by atoms with Crippen LogP contribution >= 0.6 is 35.7 Å². The van der Waals surface area contributed by atoms with Crippen molar-refractivity contribution in [1.82, 2.24) is 0 Å². The van der Waals surface area contributed by atoms with Crippen LogP contribution in [0, 0.1) is 0 Å². The molecule has 0 unspecified atom stereocenters. The first-order valence-electron chi connectivity index (χ1n) is 13.1. The predicted octanol–water partition coefficient (Wildman–Crippen LogP) is 7.97. The van der Waals surface area contributed by atoms with Crippen LogP contribution in [0.2, 0.25) is 0 Å². The number of thiocarbonyl (C=S) groups is 1. The van der Waals surface area contributed by atoms with Gasteiger partial charge in [0, 0.05) is 27.7 Å². The number of rotatable bonds is 6. The number of carbonyl (C=O) groups excluding carboxylic acids is 2. The molecule has 204 valence electrons. The highest BCUT2D eigenvalue weighted by Gasteiger charge is 2.46. The second-order valence-corrected chi connectivity index (χ2v) is 12.3. The molecule has 0 atom stereocenters. The van der Waals surface area contributed by atoms with Crippen molar-refractivity contribution in [3.8, 4) is 5.75 Å². The van der Waals surface area contributed by atoms with Gasteiger partial charge in [-0.15, -0.1) is 0 Å². The fourth-order valence-electron chi connectivity index (χ4n) is 4.78. The van der Waals surface area contributed by atoms with Gasteiger partial charge in [0.2, 0.25) is 0 Å². The first-order chi connectivity index (χ1) is 19.3. The Balaban J connectivity index is 1.69. The minimum atomic E-state index is -0.844. The topological polar surface area (TPSA) is 55.8 Å². The minimum absolute atomic E-state index is 0.145. The number of fused-ring (bicyclic) bond motifs is 1. The van der Waals surface area contributed by atoms with Crippen molar-refractivity contribution in [2.75, 3.05) is 18.1 Å². The van der Waals surface area contributed by atoms with Gasteiger partial charge in [-0.05, 0) is 57.5 Å². The monoisotopic (exact) mass is 587 g/mol. The van der Waals surface area contributed by atoms with Gasteiger partial charge < -0.3 is 9.47 Å². The first-order valence-corrected chi connectivity index (χ1v) is 15.1. The lowest BCUT2D eigenvalue weighted by Crippen LogP contribution is -2.56. The zero-order valence-electron chi connectivity index (χ0n) is 22.7. The highest BCUT2D eigenvalue weighted by Crippen LogP contribution is 2.59. The molecule has 0 fully saturated rings. The van der Waals surface area contributed by atoms with Gasteiger partial charge in [0.25, 0.3) is 5.91 Å². The van der Waals surface area contributed by atoms with Gasteiger partial charge in [-0.3, -0.25) is 9.69 Å². The van der Waals surface area contributed by atoms with Gasteiger partial charge >= 0.3 is 5.97 Å². The van der Waals surface area contributed by atoms with E-state index in [0.29, 0.717) is 33.4 Å². The summed E-state index contributed by atoms with van der Waals surface area (Å²) in [5.74, 6) is 0.166. The molecular weight excluding hydrogens is 559 g/mol. The highest BCUT2D eigenvalue weighted by molar-refractivity contribution is 8.32. The summed E-state index contributed by atoms with van der Waals surface area (Å²) in [5, 5.41) is 0. The summed E-state index contributed by atoms with van der Waals surface area (Å²) in [6.45, 7) is 8.45. The Kier molecular flexibility index (Phi) is 8.21. The summed E-state index contributed by atoms with van der Waals surface area (Å²) in [4.78, 5) is 30.9. The van der Waals surface area contributed by atoms with Gasteiger partial charge in [0.15, 0.2) is 0 Å². The van der Waals surface area contributed by atoms with Crippen LogP contribution in [0.15, 0.2) is 88.0 Å². The maximum atomic E-state index is 14.0. The van der Waals surface area contributed by atoms with E-state index < -0.39 is 5.54 Å².